The maximum absolute atomic E-state index is 5.99. The Bertz CT molecular complexity index is 578. The number of ether oxygens (including phenoxy) is 1. The minimum Gasteiger partial charge on any atom is -0.489 e. The van der Waals surface area contributed by atoms with Crippen LogP contribution in [0.15, 0.2) is 46.9 Å². The zero-order valence-electron chi connectivity index (χ0n) is 12.6. The molecule has 2 aromatic rings. The summed E-state index contributed by atoms with van der Waals surface area (Å²) >= 11 is 3.52. The lowest BCUT2D eigenvalue weighted by Gasteiger charge is -2.14. The fourth-order valence-corrected chi connectivity index (χ4v) is 2.61. The molecule has 0 aliphatic carbocycles. The van der Waals surface area contributed by atoms with Gasteiger partial charge in [-0.1, -0.05) is 54.0 Å². The average Bonchev–Trinajstić information content (AvgIpc) is 2.47. The van der Waals surface area contributed by atoms with Crippen LogP contribution in [-0.4, -0.2) is 6.54 Å². The normalized spacial score (nSPS) is 10.9. The SMILES string of the molecule is CC(C)c1cc(Br)ccc1OCc1ccc(CCN)cc1. The van der Waals surface area contributed by atoms with Gasteiger partial charge in [0, 0.05) is 4.47 Å². The number of benzene rings is 2. The average molecular weight is 348 g/mol. The standard InChI is InChI=1S/C18H22BrNO/c1-13(2)17-11-16(19)7-8-18(17)21-12-15-5-3-14(4-6-15)9-10-20/h3-8,11,13H,9-10,12,20H2,1-2H3. The van der Waals surface area contributed by atoms with E-state index in [1.165, 1.54) is 16.7 Å². The van der Waals surface area contributed by atoms with E-state index in [-0.39, 0.29) is 0 Å². The van der Waals surface area contributed by atoms with Gasteiger partial charge in [-0.3, -0.25) is 0 Å². The van der Waals surface area contributed by atoms with Gasteiger partial charge in [0.2, 0.25) is 0 Å². The first-order chi connectivity index (χ1) is 10.1. The Hall–Kier alpha value is -1.32. The van der Waals surface area contributed by atoms with Crippen molar-refractivity contribution in [3.05, 3.63) is 63.6 Å². The molecule has 0 aliphatic rings. The van der Waals surface area contributed by atoms with E-state index in [1.54, 1.807) is 0 Å². The second-order valence-electron chi connectivity index (χ2n) is 5.48. The number of hydrogen-bond donors (Lipinski definition) is 1. The summed E-state index contributed by atoms with van der Waals surface area (Å²) in [5, 5.41) is 0. The molecule has 0 fully saturated rings. The third-order valence-corrected chi connectivity index (χ3v) is 3.94. The third kappa shape index (κ3) is 4.58. The van der Waals surface area contributed by atoms with Gasteiger partial charge in [-0.25, -0.2) is 0 Å². The van der Waals surface area contributed by atoms with E-state index < -0.39 is 0 Å². The van der Waals surface area contributed by atoms with E-state index in [0.717, 1.165) is 16.6 Å². The molecule has 2 nitrogen and oxygen atoms in total. The van der Waals surface area contributed by atoms with Crippen molar-refractivity contribution in [3.63, 3.8) is 0 Å². The Morgan fingerprint density at radius 2 is 1.71 bits per heavy atom. The van der Waals surface area contributed by atoms with Crippen LogP contribution >= 0.6 is 15.9 Å². The molecule has 0 saturated carbocycles. The van der Waals surface area contributed by atoms with E-state index >= 15 is 0 Å². The van der Waals surface area contributed by atoms with E-state index in [1.807, 2.05) is 12.1 Å². The predicted molar refractivity (Wildman–Crippen MR) is 91.8 cm³/mol. The van der Waals surface area contributed by atoms with Crippen molar-refractivity contribution >= 4 is 15.9 Å². The summed E-state index contributed by atoms with van der Waals surface area (Å²) in [5.74, 6) is 1.39. The van der Waals surface area contributed by atoms with Crippen molar-refractivity contribution in [1.29, 1.82) is 0 Å². The Balaban J connectivity index is 2.05. The maximum atomic E-state index is 5.99. The van der Waals surface area contributed by atoms with Gasteiger partial charge in [-0.2, -0.15) is 0 Å². The summed E-state index contributed by atoms with van der Waals surface area (Å²) in [4.78, 5) is 0. The fraction of sp³-hybridized carbons (Fsp3) is 0.333. The highest BCUT2D eigenvalue weighted by molar-refractivity contribution is 9.10. The molecule has 2 N–H and O–H groups in total. The zero-order chi connectivity index (χ0) is 15.2. The minimum atomic E-state index is 0.435. The molecule has 2 aromatic carbocycles. The lowest BCUT2D eigenvalue weighted by Crippen LogP contribution is -2.03. The Labute approximate surface area is 135 Å². The van der Waals surface area contributed by atoms with Crippen LogP contribution in [0.5, 0.6) is 5.75 Å². The van der Waals surface area contributed by atoms with Crippen LogP contribution < -0.4 is 10.5 Å². The molecule has 3 heteroatoms. The second-order valence-corrected chi connectivity index (χ2v) is 6.40. The third-order valence-electron chi connectivity index (χ3n) is 3.44. The van der Waals surface area contributed by atoms with E-state index in [2.05, 4.69) is 60.1 Å². The molecule has 2 rings (SSSR count). The topological polar surface area (TPSA) is 35.2 Å². The van der Waals surface area contributed by atoms with Crippen molar-refractivity contribution < 1.29 is 4.74 Å². The van der Waals surface area contributed by atoms with Gasteiger partial charge in [0.05, 0.1) is 0 Å². The van der Waals surface area contributed by atoms with Crippen LogP contribution in [0, 0.1) is 0 Å². The monoisotopic (exact) mass is 347 g/mol. The predicted octanol–water partition coefficient (Wildman–Crippen LogP) is 4.65. The van der Waals surface area contributed by atoms with Crippen LogP contribution in [-0.2, 0) is 13.0 Å². The van der Waals surface area contributed by atoms with Crippen LogP contribution in [0.2, 0.25) is 0 Å². The molecule has 0 amide bonds. The lowest BCUT2D eigenvalue weighted by molar-refractivity contribution is 0.301. The molecule has 0 aliphatic heterocycles. The fourth-order valence-electron chi connectivity index (χ4n) is 2.23. The second kappa shape index (κ2) is 7.62. The van der Waals surface area contributed by atoms with Gasteiger partial charge in [0.25, 0.3) is 0 Å². The van der Waals surface area contributed by atoms with Gasteiger partial charge in [0.1, 0.15) is 12.4 Å². The highest BCUT2D eigenvalue weighted by Crippen LogP contribution is 2.30. The van der Waals surface area contributed by atoms with Crippen molar-refractivity contribution in [3.8, 4) is 5.75 Å². The molecule has 0 aromatic heterocycles. The van der Waals surface area contributed by atoms with Crippen LogP contribution in [0.1, 0.15) is 36.5 Å². The van der Waals surface area contributed by atoms with E-state index in [0.29, 0.717) is 19.1 Å². The van der Waals surface area contributed by atoms with Crippen LogP contribution in [0.4, 0.5) is 0 Å². The van der Waals surface area contributed by atoms with Gasteiger partial charge < -0.3 is 10.5 Å². The molecule has 0 spiro atoms. The molecule has 21 heavy (non-hydrogen) atoms. The van der Waals surface area contributed by atoms with Crippen molar-refractivity contribution in [1.82, 2.24) is 0 Å². The highest BCUT2D eigenvalue weighted by Gasteiger charge is 2.08. The molecule has 112 valence electrons. The summed E-state index contributed by atoms with van der Waals surface area (Å²) in [5.41, 5.74) is 9.23. The first kappa shape index (κ1) is 16.1. The molecule has 0 unspecified atom stereocenters. The Morgan fingerprint density at radius 3 is 2.33 bits per heavy atom. The molecule has 0 bridgehead atoms. The maximum Gasteiger partial charge on any atom is 0.123 e. The molecule has 0 radical (unpaired) electrons. The van der Waals surface area contributed by atoms with Gasteiger partial charge in [-0.05, 0) is 53.8 Å². The molecule has 0 saturated heterocycles. The van der Waals surface area contributed by atoms with Crippen molar-refractivity contribution in [2.75, 3.05) is 6.54 Å². The molecule has 0 heterocycles. The van der Waals surface area contributed by atoms with Crippen molar-refractivity contribution in [2.24, 2.45) is 5.73 Å². The first-order valence-electron chi connectivity index (χ1n) is 7.30. The van der Waals surface area contributed by atoms with E-state index in [4.69, 9.17) is 10.5 Å². The van der Waals surface area contributed by atoms with Gasteiger partial charge in [-0.15, -0.1) is 0 Å². The van der Waals surface area contributed by atoms with Crippen molar-refractivity contribution in [2.45, 2.75) is 32.8 Å². The minimum absolute atomic E-state index is 0.435. The smallest absolute Gasteiger partial charge is 0.123 e. The summed E-state index contributed by atoms with van der Waals surface area (Å²) < 4.78 is 7.08. The molecular formula is C18H22BrNO. The lowest BCUT2D eigenvalue weighted by atomic mass is 10.0. The molecular weight excluding hydrogens is 326 g/mol. The number of nitrogens with two attached hydrogens (primary N) is 1. The number of hydrogen-bond acceptors (Lipinski definition) is 2. The first-order valence-corrected chi connectivity index (χ1v) is 8.09. The quantitative estimate of drug-likeness (QED) is 0.825. The van der Waals surface area contributed by atoms with Crippen LogP contribution in [0.3, 0.4) is 0 Å². The summed E-state index contributed by atoms with van der Waals surface area (Å²) in [6.45, 7) is 5.63. The number of rotatable bonds is 6. The van der Waals surface area contributed by atoms with Gasteiger partial charge >= 0.3 is 0 Å². The largest absolute Gasteiger partial charge is 0.489 e. The van der Waals surface area contributed by atoms with Gasteiger partial charge in [0.15, 0.2) is 0 Å². The molecule has 0 atom stereocenters. The zero-order valence-corrected chi connectivity index (χ0v) is 14.2. The number of halogens is 1. The van der Waals surface area contributed by atoms with Crippen LogP contribution in [0.25, 0.3) is 0 Å². The highest BCUT2D eigenvalue weighted by atomic mass is 79.9. The Kier molecular flexibility index (Phi) is 5.83. The Morgan fingerprint density at radius 1 is 1.05 bits per heavy atom. The summed E-state index contributed by atoms with van der Waals surface area (Å²) in [6, 6.07) is 14.6. The summed E-state index contributed by atoms with van der Waals surface area (Å²) in [7, 11) is 0. The summed E-state index contributed by atoms with van der Waals surface area (Å²) in [6.07, 6.45) is 0.922. The van der Waals surface area contributed by atoms with E-state index in [9.17, 15) is 0 Å².